The number of benzene rings is 1. The minimum Gasteiger partial charge on any atom is -0.496 e. The molecule has 2 unspecified atom stereocenters. The summed E-state index contributed by atoms with van der Waals surface area (Å²) >= 11 is 1.99. The molecule has 0 heterocycles. The first-order valence-electron chi connectivity index (χ1n) is 6.95. The van der Waals surface area contributed by atoms with Crippen molar-refractivity contribution < 1.29 is 4.74 Å². The van der Waals surface area contributed by atoms with Gasteiger partial charge >= 0.3 is 0 Å². The molecule has 1 N–H and O–H groups in total. The molecule has 0 aliphatic heterocycles. The predicted molar refractivity (Wildman–Crippen MR) is 86.1 cm³/mol. The van der Waals surface area contributed by atoms with Crippen molar-refractivity contribution in [1.29, 1.82) is 0 Å². The second kappa shape index (κ2) is 7.81. The van der Waals surface area contributed by atoms with Crippen LogP contribution in [0.25, 0.3) is 0 Å². The largest absolute Gasteiger partial charge is 0.496 e. The Hall–Kier alpha value is -0.670. The third-order valence-corrected chi connectivity index (χ3v) is 5.23. The predicted octanol–water partition coefficient (Wildman–Crippen LogP) is 4.25. The van der Waals surface area contributed by atoms with E-state index in [2.05, 4.69) is 51.2 Å². The molecule has 3 heteroatoms. The first-order chi connectivity index (χ1) is 8.99. The van der Waals surface area contributed by atoms with E-state index in [1.807, 2.05) is 18.8 Å². The molecular weight excluding hydrogens is 254 g/mol. The number of ether oxygens (including phenoxy) is 1. The highest BCUT2D eigenvalue weighted by atomic mass is 32.2. The van der Waals surface area contributed by atoms with E-state index in [4.69, 9.17) is 4.74 Å². The van der Waals surface area contributed by atoms with Crippen molar-refractivity contribution >= 4 is 11.8 Å². The average molecular weight is 281 g/mol. The smallest absolute Gasteiger partial charge is 0.122 e. The van der Waals surface area contributed by atoms with Gasteiger partial charge in [-0.05, 0) is 37.6 Å². The van der Waals surface area contributed by atoms with Crippen molar-refractivity contribution in [1.82, 2.24) is 5.32 Å². The van der Waals surface area contributed by atoms with E-state index in [1.54, 1.807) is 7.11 Å². The zero-order chi connectivity index (χ0) is 14.4. The van der Waals surface area contributed by atoms with Crippen molar-refractivity contribution in [3.63, 3.8) is 0 Å². The zero-order valence-electron chi connectivity index (χ0n) is 13.0. The SMILES string of the molecule is CNC(C)c1ccc(OC)c(CSC(C)C(C)C)c1. The van der Waals surface area contributed by atoms with E-state index in [0.717, 1.165) is 11.5 Å². The Morgan fingerprint density at radius 3 is 2.42 bits per heavy atom. The molecule has 1 aromatic carbocycles. The molecule has 0 saturated heterocycles. The molecule has 0 aromatic heterocycles. The molecule has 0 fully saturated rings. The number of rotatable bonds is 7. The molecule has 0 spiro atoms. The summed E-state index contributed by atoms with van der Waals surface area (Å²) in [5, 5.41) is 3.94. The Morgan fingerprint density at radius 1 is 1.21 bits per heavy atom. The van der Waals surface area contributed by atoms with E-state index in [0.29, 0.717) is 17.2 Å². The maximum absolute atomic E-state index is 5.47. The summed E-state index contributed by atoms with van der Waals surface area (Å²) in [7, 11) is 3.74. The summed E-state index contributed by atoms with van der Waals surface area (Å²) < 4.78 is 5.47. The number of thioether (sulfide) groups is 1. The van der Waals surface area contributed by atoms with Gasteiger partial charge in [-0.1, -0.05) is 26.8 Å². The molecule has 1 aromatic rings. The van der Waals surface area contributed by atoms with E-state index in [9.17, 15) is 0 Å². The highest BCUT2D eigenvalue weighted by Crippen LogP contribution is 2.30. The van der Waals surface area contributed by atoms with Gasteiger partial charge in [-0.3, -0.25) is 0 Å². The summed E-state index contributed by atoms with van der Waals surface area (Å²) in [4.78, 5) is 0. The molecule has 0 amide bonds. The van der Waals surface area contributed by atoms with Crippen LogP contribution in [-0.2, 0) is 5.75 Å². The Labute approximate surface area is 122 Å². The van der Waals surface area contributed by atoms with Gasteiger partial charge in [-0.15, -0.1) is 0 Å². The van der Waals surface area contributed by atoms with Gasteiger partial charge in [0.2, 0.25) is 0 Å². The van der Waals surface area contributed by atoms with Gasteiger partial charge in [0.15, 0.2) is 0 Å². The van der Waals surface area contributed by atoms with Crippen LogP contribution >= 0.6 is 11.8 Å². The van der Waals surface area contributed by atoms with Gasteiger partial charge in [0.05, 0.1) is 7.11 Å². The quantitative estimate of drug-likeness (QED) is 0.807. The Morgan fingerprint density at radius 2 is 1.89 bits per heavy atom. The van der Waals surface area contributed by atoms with Crippen LogP contribution in [0, 0.1) is 5.92 Å². The normalized spacial score (nSPS) is 14.5. The van der Waals surface area contributed by atoms with E-state index >= 15 is 0 Å². The van der Waals surface area contributed by atoms with Gasteiger partial charge in [0.1, 0.15) is 5.75 Å². The molecule has 0 aliphatic rings. The lowest BCUT2D eigenvalue weighted by molar-refractivity contribution is 0.411. The standard InChI is InChI=1S/C16H27NOS/c1-11(2)13(4)19-10-15-9-14(12(3)17-5)7-8-16(15)18-6/h7-9,11-13,17H,10H2,1-6H3. The van der Waals surface area contributed by atoms with Crippen LogP contribution in [0.15, 0.2) is 18.2 Å². The van der Waals surface area contributed by atoms with E-state index < -0.39 is 0 Å². The average Bonchev–Trinajstić information content (AvgIpc) is 2.43. The molecule has 0 bridgehead atoms. The van der Waals surface area contributed by atoms with Crippen LogP contribution in [-0.4, -0.2) is 19.4 Å². The van der Waals surface area contributed by atoms with Crippen LogP contribution < -0.4 is 10.1 Å². The van der Waals surface area contributed by atoms with Crippen LogP contribution in [0.2, 0.25) is 0 Å². The fourth-order valence-corrected chi connectivity index (χ4v) is 2.81. The van der Waals surface area contributed by atoms with E-state index in [-0.39, 0.29) is 0 Å². The third kappa shape index (κ3) is 4.73. The zero-order valence-corrected chi connectivity index (χ0v) is 13.8. The third-order valence-electron chi connectivity index (χ3n) is 3.68. The fraction of sp³-hybridized carbons (Fsp3) is 0.625. The first-order valence-corrected chi connectivity index (χ1v) is 8.00. The molecule has 19 heavy (non-hydrogen) atoms. The van der Waals surface area contributed by atoms with Crippen LogP contribution in [0.3, 0.4) is 0 Å². The Kier molecular flexibility index (Phi) is 6.73. The van der Waals surface area contributed by atoms with Crippen molar-refractivity contribution in [2.75, 3.05) is 14.2 Å². The molecule has 0 radical (unpaired) electrons. The lowest BCUT2D eigenvalue weighted by Crippen LogP contribution is -2.12. The maximum atomic E-state index is 5.47. The lowest BCUT2D eigenvalue weighted by atomic mass is 10.1. The summed E-state index contributed by atoms with van der Waals surface area (Å²) in [6.07, 6.45) is 0. The van der Waals surface area contributed by atoms with Crippen molar-refractivity contribution in [3.05, 3.63) is 29.3 Å². The van der Waals surface area contributed by atoms with Gasteiger partial charge in [0.25, 0.3) is 0 Å². The Balaban J connectivity index is 2.84. The molecule has 0 aliphatic carbocycles. The van der Waals surface area contributed by atoms with Crippen molar-refractivity contribution in [2.45, 2.75) is 44.7 Å². The summed E-state index contributed by atoms with van der Waals surface area (Å²) in [6, 6.07) is 6.86. The number of nitrogens with one attached hydrogen (secondary N) is 1. The van der Waals surface area contributed by atoms with Crippen LogP contribution in [0.1, 0.15) is 44.9 Å². The number of hydrogen-bond acceptors (Lipinski definition) is 3. The molecule has 108 valence electrons. The molecule has 1 rings (SSSR count). The molecule has 2 atom stereocenters. The monoisotopic (exact) mass is 281 g/mol. The van der Waals surface area contributed by atoms with Crippen molar-refractivity contribution in [3.8, 4) is 5.75 Å². The summed E-state index contributed by atoms with van der Waals surface area (Å²) in [5.74, 6) is 2.71. The second-order valence-electron chi connectivity index (χ2n) is 5.34. The maximum Gasteiger partial charge on any atom is 0.122 e. The fourth-order valence-electron chi connectivity index (χ4n) is 1.76. The number of hydrogen-bond donors (Lipinski definition) is 1. The van der Waals surface area contributed by atoms with Gasteiger partial charge in [0, 0.05) is 22.6 Å². The minimum atomic E-state index is 0.372. The molecule has 0 saturated carbocycles. The molecule has 2 nitrogen and oxygen atoms in total. The lowest BCUT2D eigenvalue weighted by Gasteiger charge is -2.18. The van der Waals surface area contributed by atoms with Gasteiger partial charge < -0.3 is 10.1 Å². The van der Waals surface area contributed by atoms with Crippen molar-refractivity contribution in [2.24, 2.45) is 5.92 Å². The van der Waals surface area contributed by atoms with E-state index in [1.165, 1.54) is 11.1 Å². The van der Waals surface area contributed by atoms with Gasteiger partial charge in [-0.2, -0.15) is 11.8 Å². The topological polar surface area (TPSA) is 21.3 Å². The molecular formula is C16H27NOS. The van der Waals surface area contributed by atoms with Crippen LogP contribution in [0.4, 0.5) is 0 Å². The summed E-state index contributed by atoms with van der Waals surface area (Å²) in [5.41, 5.74) is 2.61. The van der Waals surface area contributed by atoms with Gasteiger partial charge in [-0.25, -0.2) is 0 Å². The van der Waals surface area contributed by atoms with Crippen LogP contribution in [0.5, 0.6) is 5.75 Å². The Bertz CT molecular complexity index is 392. The highest BCUT2D eigenvalue weighted by molar-refractivity contribution is 7.99. The summed E-state index contributed by atoms with van der Waals surface area (Å²) in [6.45, 7) is 9.01. The second-order valence-corrected chi connectivity index (χ2v) is 6.71. The minimum absolute atomic E-state index is 0.372. The number of methoxy groups -OCH3 is 1. The highest BCUT2D eigenvalue weighted by Gasteiger charge is 2.12. The first kappa shape index (κ1) is 16.4.